The van der Waals surface area contributed by atoms with Gasteiger partial charge in [-0.3, -0.25) is 0 Å². The molecular formula is C20H22N4O3. The maximum absolute atomic E-state index is 12.5. The fraction of sp³-hybridized carbons (Fsp3) is 0.300. The highest BCUT2D eigenvalue weighted by atomic mass is 16.5. The molecule has 2 amide bonds. The van der Waals surface area contributed by atoms with Gasteiger partial charge in [0.15, 0.2) is 11.5 Å². The number of methoxy groups -OCH3 is 2. The van der Waals surface area contributed by atoms with Crippen LogP contribution in [0, 0.1) is 11.3 Å². The number of nitrogens with zero attached hydrogens (tertiary/aromatic N) is 3. The van der Waals surface area contributed by atoms with Crippen molar-refractivity contribution in [1.82, 2.24) is 4.90 Å². The molecule has 1 aliphatic heterocycles. The standard InChI is InChI=1S/C20H22N4O3/c1-26-18-8-5-16(13-19(18)27-2)22-20(25)24-11-9-23(10-12-24)17-6-3-15(14-21)4-7-17/h3-8,13H,9-12H2,1-2H3,(H,22,25). The van der Waals surface area contributed by atoms with Crippen LogP contribution in [0.3, 0.4) is 0 Å². The second-order valence-electron chi connectivity index (χ2n) is 6.13. The van der Waals surface area contributed by atoms with Crippen molar-refractivity contribution in [2.45, 2.75) is 0 Å². The molecule has 0 unspecified atom stereocenters. The third-order valence-corrected chi connectivity index (χ3v) is 4.56. The molecule has 1 aliphatic rings. The van der Waals surface area contributed by atoms with Crippen LogP contribution in [0.25, 0.3) is 0 Å². The number of urea groups is 1. The van der Waals surface area contributed by atoms with Gasteiger partial charge in [0.25, 0.3) is 0 Å². The van der Waals surface area contributed by atoms with Crippen molar-refractivity contribution >= 4 is 17.4 Å². The number of hydrogen-bond acceptors (Lipinski definition) is 5. The van der Waals surface area contributed by atoms with E-state index in [2.05, 4.69) is 16.3 Å². The van der Waals surface area contributed by atoms with E-state index in [-0.39, 0.29) is 6.03 Å². The minimum absolute atomic E-state index is 0.137. The van der Waals surface area contributed by atoms with E-state index in [4.69, 9.17) is 14.7 Å². The molecule has 0 bridgehead atoms. The molecule has 27 heavy (non-hydrogen) atoms. The van der Waals surface area contributed by atoms with Gasteiger partial charge in [-0.2, -0.15) is 5.26 Å². The van der Waals surface area contributed by atoms with E-state index < -0.39 is 0 Å². The van der Waals surface area contributed by atoms with Crippen molar-refractivity contribution in [2.75, 3.05) is 50.6 Å². The Labute approximate surface area is 158 Å². The van der Waals surface area contributed by atoms with Crippen molar-refractivity contribution in [3.05, 3.63) is 48.0 Å². The lowest BCUT2D eigenvalue weighted by atomic mass is 10.2. The summed E-state index contributed by atoms with van der Waals surface area (Å²) in [5.41, 5.74) is 2.37. The maximum Gasteiger partial charge on any atom is 0.321 e. The molecule has 7 nitrogen and oxygen atoms in total. The van der Waals surface area contributed by atoms with Crippen molar-refractivity contribution in [2.24, 2.45) is 0 Å². The fourth-order valence-corrected chi connectivity index (χ4v) is 3.03. The molecule has 7 heteroatoms. The second-order valence-corrected chi connectivity index (χ2v) is 6.13. The molecule has 0 aromatic heterocycles. The zero-order chi connectivity index (χ0) is 19.2. The van der Waals surface area contributed by atoms with E-state index in [9.17, 15) is 4.79 Å². The molecule has 3 rings (SSSR count). The van der Waals surface area contributed by atoms with Crippen LogP contribution >= 0.6 is 0 Å². The molecule has 0 spiro atoms. The molecule has 140 valence electrons. The Balaban J connectivity index is 1.57. The zero-order valence-corrected chi connectivity index (χ0v) is 15.4. The van der Waals surface area contributed by atoms with E-state index in [1.54, 1.807) is 37.3 Å². The van der Waals surface area contributed by atoms with Gasteiger partial charge in [-0.1, -0.05) is 0 Å². The molecule has 0 aliphatic carbocycles. The minimum Gasteiger partial charge on any atom is -0.493 e. The number of ether oxygens (including phenoxy) is 2. The first-order chi connectivity index (χ1) is 13.1. The van der Waals surface area contributed by atoms with Crippen LogP contribution in [0.2, 0.25) is 0 Å². The third-order valence-electron chi connectivity index (χ3n) is 4.56. The number of carbonyl (C=O) groups excluding carboxylic acids is 1. The number of benzene rings is 2. The third kappa shape index (κ3) is 4.23. The van der Waals surface area contributed by atoms with Crippen LogP contribution in [0.1, 0.15) is 5.56 Å². The Morgan fingerprint density at radius 1 is 1.00 bits per heavy atom. The summed E-state index contributed by atoms with van der Waals surface area (Å²) < 4.78 is 10.5. The number of carbonyl (C=O) groups is 1. The number of nitrogens with one attached hydrogen (secondary N) is 1. The normalized spacial score (nSPS) is 13.7. The predicted octanol–water partition coefficient (Wildman–Crippen LogP) is 2.93. The molecular weight excluding hydrogens is 344 g/mol. The summed E-state index contributed by atoms with van der Waals surface area (Å²) in [5.74, 6) is 1.19. The van der Waals surface area contributed by atoms with Crippen LogP contribution in [0.5, 0.6) is 11.5 Å². The molecule has 0 saturated carbocycles. The Hall–Kier alpha value is -3.40. The molecule has 2 aromatic carbocycles. The number of rotatable bonds is 4. The summed E-state index contributed by atoms with van der Waals surface area (Å²) >= 11 is 0. The Morgan fingerprint density at radius 2 is 1.67 bits per heavy atom. The summed E-state index contributed by atoms with van der Waals surface area (Å²) in [7, 11) is 3.13. The van der Waals surface area contributed by atoms with Crippen LogP contribution < -0.4 is 19.7 Å². The molecule has 2 aromatic rings. The lowest BCUT2D eigenvalue weighted by molar-refractivity contribution is 0.208. The van der Waals surface area contributed by atoms with Crippen molar-refractivity contribution < 1.29 is 14.3 Å². The van der Waals surface area contributed by atoms with Crippen LogP contribution in [0.4, 0.5) is 16.2 Å². The van der Waals surface area contributed by atoms with Gasteiger partial charge in [0, 0.05) is 43.6 Å². The Morgan fingerprint density at radius 3 is 2.26 bits per heavy atom. The fourth-order valence-electron chi connectivity index (χ4n) is 3.03. The van der Waals surface area contributed by atoms with Crippen LogP contribution in [-0.2, 0) is 0 Å². The van der Waals surface area contributed by atoms with E-state index in [1.807, 2.05) is 24.3 Å². The molecule has 0 radical (unpaired) electrons. The summed E-state index contributed by atoms with van der Waals surface area (Å²) in [4.78, 5) is 16.5. The Bertz CT molecular complexity index is 837. The summed E-state index contributed by atoms with van der Waals surface area (Å²) in [5, 5.41) is 11.8. The maximum atomic E-state index is 12.5. The lowest BCUT2D eigenvalue weighted by Crippen LogP contribution is -2.50. The van der Waals surface area contributed by atoms with Gasteiger partial charge >= 0.3 is 6.03 Å². The molecule has 1 heterocycles. The van der Waals surface area contributed by atoms with Crippen LogP contribution in [-0.4, -0.2) is 51.3 Å². The summed E-state index contributed by atoms with van der Waals surface area (Å²) in [6.07, 6.45) is 0. The molecule has 1 fully saturated rings. The zero-order valence-electron chi connectivity index (χ0n) is 15.4. The SMILES string of the molecule is COc1ccc(NC(=O)N2CCN(c3ccc(C#N)cc3)CC2)cc1OC. The average Bonchev–Trinajstić information content (AvgIpc) is 2.73. The molecule has 1 N–H and O–H groups in total. The molecule has 1 saturated heterocycles. The van der Waals surface area contributed by atoms with Crippen molar-refractivity contribution in [3.63, 3.8) is 0 Å². The summed E-state index contributed by atoms with van der Waals surface area (Å²) in [6.45, 7) is 2.73. The number of amides is 2. The van der Waals surface area contributed by atoms with Gasteiger partial charge in [-0.15, -0.1) is 0 Å². The van der Waals surface area contributed by atoms with Crippen molar-refractivity contribution in [3.8, 4) is 17.6 Å². The van der Waals surface area contributed by atoms with E-state index >= 15 is 0 Å². The minimum atomic E-state index is -0.137. The highest BCUT2D eigenvalue weighted by Gasteiger charge is 2.21. The predicted molar refractivity (Wildman–Crippen MR) is 104 cm³/mol. The molecule has 0 atom stereocenters. The lowest BCUT2D eigenvalue weighted by Gasteiger charge is -2.36. The van der Waals surface area contributed by atoms with Gasteiger partial charge in [-0.05, 0) is 36.4 Å². The monoisotopic (exact) mass is 366 g/mol. The summed E-state index contributed by atoms with van der Waals surface area (Å²) in [6, 6.07) is 14.8. The van der Waals surface area contributed by atoms with Gasteiger partial charge in [0.2, 0.25) is 0 Å². The van der Waals surface area contributed by atoms with Crippen molar-refractivity contribution in [1.29, 1.82) is 5.26 Å². The highest BCUT2D eigenvalue weighted by Crippen LogP contribution is 2.30. The Kier molecular flexibility index (Phi) is 5.67. The largest absolute Gasteiger partial charge is 0.493 e. The van der Waals surface area contributed by atoms with E-state index in [1.165, 1.54) is 0 Å². The number of anilines is 2. The topological polar surface area (TPSA) is 77.8 Å². The van der Waals surface area contributed by atoms with Gasteiger partial charge < -0.3 is 24.6 Å². The highest BCUT2D eigenvalue weighted by molar-refractivity contribution is 5.90. The van der Waals surface area contributed by atoms with Gasteiger partial charge in [0.05, 0.1) is 25.9 Å². The number of hydrogen-bond donors (Lipinski definition) is 1. The first-order valence-corrected chi connectivity index (χ1v) is 8.67. The van der Waals surface area contributed by atoms with E-state index in [0.717, 1.165) is 18.8 Å². The number of nitriles is 1. The first kappa shape index (κ1) is 18.4. The van der Waals surface area contributed by atoms with Gasteiger partial charge in [-0.25, -0.2) is 4.79 Å². The van der Waals surface area contributed by atoms with Gasteiger partial charge in [0.1, 0.15) is 0 Å². The second kappa shape index (κ2) is 8.32. The number of piperazine rings is 1. The smallest absolute Gasteiger partial charge is 0.321 e. The average molecular weight is 366 g/mol. The van der Waals surface area contributed by atoms with E-state index in [0.29, 0.717) is 35.8 Å². The van der Waals surface area contributed by atoms with Crippen LogP contribution in [0.15, 0.2) is 42.5 Å². The quantitative estimate of drug-likeness (QED) is 0.900. The first-order valence-electron chi connectivity index (χ1n) is 8.67.